The minimum Gasteiger partial charge on any atom is -0.354 e. The molecule has 102 valence electrons. The predicted octanol–water partition coefficient (Wildman–Crippen LogP) is 2.96. The van der Waals surface area contributed by atoms with E-state index in [2.05, 4.69) is 24.1 Å². The second kappa shape index (κ2) is 8.03. The van der Waals surface area contributed by atoms with Gasteiger partial charge in [0.2, 0.25) is 0 Å². The Kier molecular flexibility index (Phi) is 6.65. The van der Waals surface area contributed by atoms with Crippen molar-refractivity contribution in [3.63, 3.8) is 0 Å². The highest BCUT2D eigenvalue weighted by atomic mass is 19.1. The molecule has 18 heavy (non-hydrogen) atoms. The largest absolute Gasteiger partial charge is 0.354 e. The van der Waals surface area contributed by atoms with Crippen molar-refractivity contribution >= 4 is 5.82 Å². The van der Waals surface area contributed by atoms with E-state index in [0.29, 0.717) is 17.9 Å². The van der Waals surface area contributed by atoms with Gasteiger partial charge in [0.15, 0.2) is 11.6 Å². The van der Waals surface area contributed by atoms with Gasteiger partial charge in [0.05, 0.1) is 0 Å². The average molecular weight is 253 g/mol. The monoisotopic (exact) mass is 253 g/mol. The van der Waals surface area contributed by atoms with E-state index in [0.717, 1.165) is 32.5 Å². The number of halogens is 1. The van der Waals surface area contributed by atoms with Gasteiger partial charge in [-0.1, -0.05) is 20.8 Å². The normalized spacial score (nSPS) is 10.7. The van der Waals surface area contributed by atoms with Crippen LogP contribution in [0.3, 0.4) is 0 Å². The fourth-order valence-corrected chi connectivity index (χ4v) is 1.95. The molecule has 0 aliphatic carbocycles. The van der Waals surface area contributed by atoms with Crippen LogP contribution in [0.2, 0.25) is 0 Å². The first-order valence-electron chi connectivity index (χ1n) is 6.83. The third kappa shape index (κ3) is 3.95. The van der Waals surface area contributed by atoms with Gasteiger partial charge < -0.3 is 10.2 Å². The first kappa shape index (κ1) is 14.9. The Morgan fingerprint density at radius 3 is 2.44 bits per heavy atom. The van der Waals surface area contributed by atoms with Crippen LogP contribution in [0.25, 0.3) is 0 Å². The minimum atomic E-state index is -0.180. The Bertz CT molecular complexity index is 349. The molecule has 1 rings (SSSR count). The summed E-state index contributed by atoms with van der Waals surface area (Å²) in [5.41, 5.74) is 0.694. The Hall–Kier alpha value is -1.16. The molecule has 1 heterocycles. The van der Waals surface area contributed by atoms with Crippen LogP contribution in [0.5, 0.6) is 0 Å². The van der Waals surface area contributed by atoms with E-state index < -0.39 is 0 Å². The lowest BCUT2D eigenvalue weighted by molar-refractivity contribution is 0.576. The van der Waals surface area contributed by atoms with Gasteiger partial charge in [0.1, 0.15) is 0 Å². The topological polar surface area (TPSA) is 28.2 Å². The van der Waals surface area contributed by atoms with Gasteiger partial charge >= 0.3 is 0 Å². The SMILES string of the molecule is CCCN(CCC)c1nccc(CNCC)c1F. The first-order valence-corrected chi connectivity index (χ1v) is 6.83. The molecule has 0 bridgehead atoms. The molecule has 3 nitrogen and oxygen atoms in total. The van der Waals surface area contributed by atoms with Crippen molar-refractivity contribution in [2.24, 2.45) is 0 Å². The zero-order valence-corrected chi connectivity index (χ0v) is 11.7. The molecule has 0 radical (unpaired) electrons. The molecule has 0 aliphatic heterocycles. The quantitative estimate of drug-likeness (QED) is 0.772. The molecule has 0 aromatic carbocycles. The predicted molar refractivity (Wildman–Crippen MR) is 74.4 cm³/mol. The van der Waals surface area contributed by atoms with Crippen LogP contribution in [0, 0.1) is 5.82 Å². The summed E-state index contributed by atoms with van der Waals surface area (Å²) in [6, 6.07) is 1.75. The Labute approximate surface area is 109 Å². The summed E-state index contributed by atoms with van der Waals surface area (Å²) in [6.07, 6.45) is 3.69. The lowest BCUT2D eigenvalue weighted by Crippen LogP contribution is -2.27. The maximum atomic E-state index is 14.3. The van der Waals surface area contributed by atoms with Gasteiger partial charge in [0, 0.05) is 31.4 Å². The van der Waals surface area contributed by atoms with Gasteiger partial charge in [0.25, 0.3) is 0 Å². The summed E-state index contributed by atoms with van der Waals surface area (Å²) < 4.78 is 14.3. The first-order chi connectivity index (χ1) is 8.74. The number of nitrogens with zero attached hydrogens (tertiary/aromatic N) is 2. The van der Waals surface area contributed by atoms with Crippen LogP contribution >= 0.6 is 0 Å². The van der Waals surface area contributed by atoms with Gasteiger partial charge in [-0.3, -0.25) is 0 Å². The molecule has 1 aromatic heterocycles. The molecule has 0 amide bonds. The highest BCUT2D eigenvalue weighted by Gasteiger charge is 2.14. The zero-order valence-electron chi connectivity index (χ0n) is 11.7. The molecule has 0 fully saturated rings. The highest BCUT2D eigenvalue weighted by Crippen LogP contribution is 2.20. The van der Waals surface area contributed by atoms with Crippen molar-refractivity contribution in [2.45, 2.75) is 40.2 Å². The third-order valence-electron chi connectivity index (χ3n) is 2.80. The van der Waals surface area contributed by atoms with Crippen molar-refractivity contribution in [3.05, 3.63) is 23.6 Å². The molecule has 4 heteroatoms. The van der Waals surface area contributed by atoms with E-state index in [4.69, 9.17) is 0 Å². The Morgan fingerprint density at radius 1 is 1.22 bits per heavy atom. The molecule has 0 atom stereocenters. The van der Waals surface area contributed by atoms with Crippen molar-refractivity contribution in [3.8, 4) is 0 Å². The highest BCUT2D eigenvalue weighted by molar-refractivity contribution is 5.43. The second-order valence-electron chi connectivity index (χ2n) is 4.38. The molecular formula is C14H24FN3. The van der Waals surface area contributed by atoms with Crippen LogP contribution in [-0.4, -0.2) is 24.6 Å². The molecule has 0 spiro atoms. The van der Waals surface area contributed by atoms with Crippen molar-refractivity contribution in [2.75, 3.05) is 24.5 Å². The van der Waals surface area contributed by atoms with E-state index in [1.54, 1.807) is 12.3 Å². The third-order valence-corrected chi connectivity index (χ3v) is 2.80. The summed E-state index contributed by atoms with van der Waals surface area (Å²) >= 11 is 0. The summed E-state index contributed by atoms with van der Waals surface area (Å²) in [5.74, 6) is 0.314. The van der Waals surface area contributed by atoms with E-state index in [-0.39, 0.29) is 5.82 Å². The van der Waals surface area contributed by atoms with Crippen LogP contribution < -0.4 is 10.2 Å². The molecule has 0 saturated carbocycles. The van der Waals surface area contributed by atoms with Gasteiger partial charge in [-0.15, -0.1) is 0 Å². The molecule has 0 aliphatic rings. The van der Waals surface area contributed by atoms with Gasteiger partial charge in [-0.05, 0) is 25.5 Å². The van der Waals surface area contributed by atoms with Crippen LogP contribution in [0.15, 0.2) is 12.3 Å². The fourth-order valence-electron chi connectivity index (χ4n) is 1.95. The number of aromatic nitrogens is 1. The van der Waals surface area contributed by atoms with E-state index >= 15 is 0 Å². The number of hydrogen-bond donors (Lipinski definition) is 1. The van der Waals surface area contributed by atoms with Crippen LogP contribution in [0.4, 0.5) is 10.2 Å². The smallest absolute Gasteiger partial charge is 0.170 e. The standard InChI is InChI=1S/C14H24FN3/c1-4-9-18(10-5-2)14-13(15)12(7-8-17-14)11-16-6-3/h7-8,16H,4-6,9-11H2,1-3H3. The zero-order chi connectivity index (χ0) is 13.4. The van der Waals surface area contributed by atoms with Gasteiger partial charge in [-0.25, -0.2) is 9.37 Å². The minimum absolute atomic E-state index is 0.180. The van der Waals surface area contributed by atoms with Crippen molar-refractivity contribution < 1.29 is 4.39 Å². The Balaban J connectivity index is 2.91. The van der Waals surface area contributed by atoms with E-state index in [9.17, 15) is 4.39 Å². The molecule has 0 unspecified atom stereocenters. The number of rotatable bonds is 8. The summed E-state index contributed by atoms with van der Waals surface area (Å²) in [4.78, 5) is 6.24. The maximum Gasteiger partial charge on any atom is 0.170 e. The number of anilines is 1. The van der Waals surface area contributed by atoms with Crippen molar-refractivity contribution in [1.82, 2.24) is 10.3 Å². The van der Waals surface area contributed by atoms with Crippen LogP contribution in [-0.2, 0) is 6.54 Å². The summed E-state index contributed by atoms with van der Waals surface area (Å²) in [6.45, 7) is 9.31. The fraction of sp³-hybridized carbons (Fsp3) is 0.643. The summed E-state index contributed by atoms with van der Waals surface area (Å²) in [5, 5.41) is 3.15. The second-order valence-corrected chi connectivity index (χ2v) is 4.38. The van der Waals surface area contributed by atoms with E-state index in [1.807, 2.05) is 11.8 Å². The maximum absolute atomic E-state index is 14.3. The lowest BCUT2D eigenvalue weighted by atomic mass is 10.2. The number of hydrogen-bond acceptors (Lipinski definition) is 3. The molecule has 1 aromatic rings. The van der Waals surface area contributed by atoms with Gasteiger partial charge in [-0.2, -0.15) is 0 Å². The molecule has 0 saturated heterocycles. The Morgan fingerprint density at radius 2 is 1.89 bits per heavy atom. The number of nitrogens with one attached hydrogen (secondary N) is 1. The summed E-state index contributed by atoms with van der Waals surface area (Å²) in [7, 11) is 0. The van der Waals surface area contributed by atoms with E-state index in [1.165, 1.54) is 0 Å². The average Bonchev–Trinajstić information content (AvgIpc) is 2.37. The number of pyridine rings is 1. The molecule has 1 N–H and O–H groups in total. The lowest BCUT2D eigenvalue weighted by Gasteiger charge is -2.23. The van der Waals surface area contributed by atoms with Crippen LogP contribution in [0.1, 0.15) is 39.2 Å². The van der Waals surface area contributed by atoms with Crippen molar-refractivity contribution in [1.29, 1.82) is 0 Å². The molecular weight excluding hydrogens is 229 g/mol.